The maximum absolute atomic E-state index is 13.2. The lowest BCUT2D eigenvalue weighted by Gasteiger charge is -2.34. The van der Waals surface area contributed by atoms with Crippen LogP contribution in [-0.4, -0.2) is 42.8 Å². The molecule has 2 rings (SSSR count). The molecule has 0 bridgehead atoms. The zero-order valence-corrected chi connectivity index (χ0v) is 12.3. The van der Waals surface area contributed by atoms with Crippen LogP contribution in [-0.2, 0) is 0 Å². The standard InChI is InChI=1S/C12H16BrFN2O.ClH/c13-10-7-9(1-2-11(10)14)12(8-17)16-5-3-15-4-6-16;/h1-2,7,12,15,17H,3-6,8H2;1H/t12-;/m0./s1. The third kappa shape index (κ3) is 3.65. The average molecular weight is 340 g/mol. The molecule has 0 radical (unpaired) electrons. The van der Waals surface area contributed by atoms with Gasteiger partial charge in [0.15, 0.2) is 0 Å². The fourth-order valence-corrected chi connectivity index (χ4v) is 2.54. The van der Waals surface area contributed by atoms with E-state index in [4.69, 9.17) is 0 Å². The van der Waals surface area contributed by atoms with Crippen LogP contribution >= 0.6 is 28.3 Å². The maximum atomic E-state index is 13.2. The molecule has 102 valence electrons. The lowest BCUT2D eigenvalue weighted by Crippen LogP contribution is -2.46. The molecule has 2 N–H and O–H groups in total. The van der Waals surface area contributed by atoms with Crippen LogP contribution in [0.2, 0.25) is 0 Å². The fourth-order valence-electron chi connectivity index (χ4n) is 2.15. The smallest absolute Gasteiger partial charge is 0.137 e. The molecule has 1 aromatic rings. The molecule has 1 fully saturated rings. The number of benzene rings is 1. The number of rotatable bonds is 3. The second kappa shape index (κ2) is 7.40. The molecule has 1 atom stereocenters. The SMILES string of the molecule is Cl.OC[C@@H](c1ccc(F)c(Br)c1)N1CCNCC1. The van der Waals surface area contributed by atoms with Gasteiger partial charge < -0.3 is 10.4 Å². The zero-order chi connectivity index (χ0) is 12.3. The van der Waals surface area contributed by atoms with Crippen molar-refractivity contribution in [3.05, 3.63) is 34.1 Å². The molecule has 3 nitrogen and oxygen atoms in total. The summed E-state index contributed by atoms with van der Waals surface area (Å²) < 4.78 is 13.6. The minimum Gasteiger partial charge on any atom is -0.394 e. The Morgan fingerprint density at radius 1 is 1.39 bits per heavy atom. The second-order valence-corrected chi connectivity index (χ2v) is 5.01. The first-order valence-electron chi connectivity index (χ1n) is 5.73. The number of nitrogens with one attached hydrogen (secondary N) is 1. The van der Waals surface area contributed by atoms with E-state index >= 15 is 0 Å². The monoisotopic (exact) mass is 338 g/mol. The molecule has 1 aliphatic heterocycles. The van der Waals surface area contributed by atoms with E-state index in [-0.39, 0.29) is 30.9 Å². The number of aliphatic hydroxyl groups is 1. The Balaban J connectivity index is 0.00000162. The van der Waals surface area contributed by atoms with Gasteiger partial charge in [-0.15, -0.1) is 12.4 Å². The van der Waals surface area contributed by atoms with E-state index < -0.39 is 0 Å². The number of piperazine rings is 1. The first-order valence-corrected chi connectivity index (χ1v) is 6.52. The molecule has 0 aromatic heterocycles. The Labute approximate surface area is 121 Å². The van der Waals surface area contributed by atoms with Crippen LogP contribution < -0.4 is 5.32 Å². The van der Waals surface area contributed by atoms with Crippen LogP contribution in [0.25, 0.3) is 0 Å². The minimum absolute atomic E-state index is 0. The summed E-state index contributed by atoms with van der Waals surface area (Å²) in [7, 11) is 0. The van der Waals surface area contributed by atoms with Crippen molar-refractivity contribution in [2.75, 3.05) is 32.8 Å². The summed E-state index contributed by atoms with van der Waals surface area (Å²) in [6, 6.07) is 4.87. The molecule has 0 amide bonds. The van der Waals surface area contributed by atoms with Crippen LogP contribution in [0.5, 0.6) is 0 Å². The maximum Gasteiger partial charge on any atom is 0.137 e. The second-order valence-electron chi connectivity index (χ2n) is 4.16. The predicted octanol–water partition coefficient (Wildman–Crippen LogP) is 1.95. The number of aliphatic hydroxyl groups excluding tert-OH is 1. The van der Waals surface area contributed by atoms with Gasteiger partial charge in [0.05, 0.1) is 17.1 Å². The highest BCUT2D eigenvalue weighted by atomic mass is 79.9. The zero-order valence-electron chi connectivity index (χ0n) is 9.90. The van der Waals surface area contributed by atoms with Crippen LogP contribution in [0.3, 0.4) is 0 Å². The van der Waals surface area contributed by atoms with Gasteiger partial charge in [0, 0.05) is 26.2 Å². The third-order valence-electron chi connectivity index (χ3n) is 3.09. The Hall–Kier alpha value is -0.200. The van der Waals surface area contributed by atoms with Gasteiger partial charge in [0.2, 0.25) is 0 Å². The lowest BCUT2D eigenvalue weighted by molar-refractivity contribution is 0.110. The summed E-state index contributed by atoms with van der Waals surface area (Å²) in [5.74, 6) is -0.272. The van der Waals surface area contributed by atoms with Gasteiger partial charge in [-0.25, -0.2) is 4.39 Å². The van der Waals surface area contributed by atoms with Gasteiger partial charge in [-0.3, -0.25) is 4.90 Å². The summed E-state index contributed by atoms with van der Waals surface area (Å²) in [4.78, 5) is 2.22. The molecule has 0 saturated carbocycles. The summed E-state index contributed by atoms with van der Waals surface area (Å²) in [6.07, 6.45) is 0. The van der Waals surface area contributed by atoms with Crippen molar-refractivity contribution in [1.82, 2.24) is 10.2 Å². The van der Waals surface area contributed by atoms with Gasteiger partial charge >= 0.3 is 0 Å². The quantitative estimate of drug-likeness (QED) is 0.883. The Kier molecular flexibility index (Phi) is 6.52. The average Bonchev–Trinajstić information content (AvgIpc) is 2.36. The van der Waals surface area contributed by atoms with E-state index in [0.29, 0.717) is 4.47 Å². The van der Waals surface area contributed by atoms with E-state index in [2.05, 4.69) is 26.1 Å². The molecule has 1 heterocycles. The molecule has 0 spiro atoms. The first kappa shape index (κ1) is 15.9. The summed E-state index contributed by atoms with van der Waals surface area (Å²) in [6.45, 7) is 3.72. The molecule has 18 heavy (non-hydrogen) atoms. The first-order chi connectivity index (χ1) is 8.22. The van der Waals surface area contributed by atoms with Crippen LogP contribution in [0.15, 0.2) is 22.7 Å². The van der Waals surface area contributed by atoms with Gasteiger partial charge in [-0.2, -0.15) is 0 Å². The lowest BCUT2D eigenvalue weighted by atomic mass is 10.1. The normalized spacial score (nSPS) is 18.2. The summed E-state index contributed by atoms with van der Waals surface area (Å²) in [5, 5.41) is 12.8. The van der Waals surface area contributed by atoms with E-state index in [0.717, 1.165) is 31.7 Å². The van der Waals surface area contributed by atoms with Crippen LogP contribution in [0.4, 0.5) is 4.39 Å². The van der Waals surface area contributed by atoms with Crippen molar-refractivity contribution in [2.24, 2.45) is 0 Å². The van der Waals surface area contributed by atoms with Gasteiger partial charge in [-0.1, -0.05) is 6.07 Å². The molecule has 6 heteroatoms. The predicted molar refractivity (Wildman–Crippen MR) is 75.6 cm³/mol. The Bertz CT molecular complexity index is 388. The summed E-state index contributed by atoms with van der Waals surface area (Å²) >= 11 is 3.18. The van der Waals surface area contributed by atoms with Gasteiger partial charge in [0.1, 0.15) is 5.82 Å². The van der Waals surface area contributed by atoms with Gasteiger partial charge in [-0.05, 0) is 33.6 Å². The van der Waals surface area contributed by atoms with E-state index in [1.165, 1.54) is 6.07 Å². The molecule has 1 saturated heterocycles. The van der Waals surface area contributed by atoms with Gasteiger partial charge in [0.25, 0.3) is 0 Å². The van der Waals surface area contributed by atoms with Crippen molar-refractivity contribution in [2.45, 2.75) is 6.04 Å². The van der Waals surface area contributed by atoms with Crippen molar-refractivity contribution in [1.29, 1.82) is 0 Å². The Morgan fingerprint density at radius 2 is 2.06 bits per heavy atom. The molecule has 1 aliphatic rings. The van der Waals surface area contributed by atoms with Crippen molar-refractivity contribution < 1.29 is 9.50 Å². The highest BCUT2D eigenvalue weighted by molar-refractivity contribution is 9.10. The number of hydrogen-bond donors (Lipinski definition) is 2. The molecular weight excluding hydrogens is 323 g/mol. The highest BCUT2D eigenvalue weighted by Gasteiger charge is 2.21. The van der Waals surface area contributed by atoms with Crippen LogP contribution in [0, 0.1) is 5.82 Å². The van der Waals surface area contributed by atoms with Crippen molar-refractivity contribution >= 4 is 28.3 Å². The molecular formula is C12H17BrClFN2O. The highest BCUT2D eigenvalue weighted by Crippen LogP contribution is 2.25. The largest absolute Gasteiger partial charge is 0.394 e. The molecule has 0 aliphatic carbocycles. The number of halogens is 3. The Morgan fingerprint density at radius 3 is 2.61 bits per heavy atom. The van der Waals surface area contributed by atoms with Crippen molar-refractivity contribution in [3.63, 3.8) is 0 Å². The molecule has 1 aromatic carbocycles. The van der Waals surface area contributed by atoms with Crippen molar-refractivity contribution in [3.8, 4) is 0 Å². The topological polar surface area (TPSA) is 35.5 Å². The van der Waals surface area contributed by atoms with E-state index in [1.54, 1.807) is 12.1 Å². The minimum atomic E-state index is -0.272. The van der Waals surface area contributed by atoms with E-state index in [9.17, 15) is 9.50 Å². The van der Waals surface area contributed by atoms with Crippen LogP contribution in [0.1, 0.15) is 11.6 Å². The fraction of sp³-hybridized carbons (Fsp3) is 0.500. The third-order valence-corrected chi connectivity index (χ3v) is 3.70. The number of nitrogens with zero attached hydrogens (tertiary/aromatic N) is 1. The summed E-state index contributed by atoms with van der Waals surface area (Å²) in [5.41, 5.74) is 0.947. The number of hydrogen-bond acceptors (Lipinski definition) is 3. The van der Waals surface area contributed by atoms with E-state index in [1.807, 2.05) is 0 Å². The molecule has 0 unspecified atom stereocenters.